The molecule has 2 unspecified atom stereocenters. The van der Waals surface area contributed by atoms with Gasteiger partial charge >= 0.3 is 0 Å². The number of fused-ring (bicyclic) bond motifs is 1. The Morgan fingerprint density at radius 1 is 1.41 bits per heavy atom. The number of nitrogens with one attached hydrogen (secondary N) is 1. The largest absolute Gasteiger partial charge is 0.494 e. The van der Waals surface area contributed by atoms with E-state index in [1.807, 2.05) is 20.8 Å². The molecule has 1 aromatic carbocycles. The van der Waals surface area contributed by atoms with E-state index in [0.29, 0.717) is 22.3 Å². The number of alkyl halides is 3. The second-order valence-electron chi connectivity index (χ2n) is 8.57. The zero-order valence-corrected chi connectivity index (χ0v) is 16.9. The van der Waals surface area contributed by atoms with Crippen LogP contribution in [0.25, 0.3) is 11.0 Å². The summed E-state index contributed by atoms with van der Waals surface area (Å²) in [5.74, 6) is -5.07. The summed E-state index contributed by atoms with van der Waals surface area (Å²) in [5, 5.41) is 11.9. The molecule has 2 atom stereocenters. The Morgan fingerprint density at radius 3 is 2.55 bits per heavy atom. The first-order valence-electron chi connectivity index (χ1n) is 9.19. The molecule has 0 spiro atoms. The molecular formula is C20H23F3N4O2. The van der Waals surface area contributed by atoms with Gasteiger partial charge in [-0.3, -0.25) is 10.1 Å². The quantitative estimate of drug-likeness (QED) is 0.814. The summed E-state index contributed by atoms with van der Waals surface area (Å²) >= 11 is 0. The lowest BCUT2D eigenvalue weighted by molar-refractivity contribution is -0.248. The number of amides is 1. The summed E-state index contributed by atoms with van der Waals surface area (Å²) in [6.07, 6.45) is -0.886. The van der Waals surface area contributed by atoms with Crippen LogP contribution in [0.15, 0.2) is 12.1 Å². The summed E-state index contributed by atoms with van der Waals surface area (Å²) in [5.41, 5.74) is -1.78. The summed E-state index contributed by atoms with van der Waals surface area (Å²) in [6.45, 7) is 6.48. The van der Waals surface area contributed by atoms with Gasteiger partial charge in [-0.05, 0) is 40.2 Å². The first kappa shape index (κ1) is 21.0. The average molecular weight is 408 g/mol. The molecule has 9 heteroatoms. The zero-order chi connectivity index (χ0) is 21.8. The number of aromatic nitrogens is 2. The maximum atomic E-state index is 13.9. The fraction of sp³-hybridized carbons (Fsp3) is 0.550. The van der Waals surface area contributed by atoms with Gasteiger partial charge in [-0.1, -0.05) is 0 Å². The fourth-order valence-corrected chi connectivity index (χ4v) is 3.75. The average Bonchev–Trinajstić information content (AvgIpc) is 2.97. The number of nitrogens with zero attached hydrogens (tertiary/aromatic N) is 3. The number of methoxy groups -OCH3 is 1. The normalized spacial score (nSPS) is 23.3. The predicted molar refractivity (Wildman–Crippen MR) is 102 cm³/mol. The van der Waals surface area contributed by atoms with Gasteiger partial charge in [-0.2, -0.15) is 5.26 Å². The number of benzene rings is 1. The molecule has 0 saturated heterocycles. The van der Waals surface area contributed by atoms with Crippen LogP contribution in [0.5, 0.6) is 5.75 Å². The molecule has 0 aliphatic heterocycles. The smallest absolute Gasteiger partial charge is 0.284 e. The zero-order valence-electron chi connectivity index (χ0n) is 16.9. The lowest BCUT2D eigenvalue weighted by atomic mass is 9.67. The van der Waals surface area contributed by atoms with Gasteiger partial charge in [0.15, 0.2) is 5.67 Å². The Labute approximate surface area is 166 Å². The first-order chi connectivity index (χ1) is 13.3. The monoisotopic (exact) mass is 408 g/mol. The Kier molecular flexibility index (Phi) is 4.80. The lowest BCUT2D eigenvalue weighted by Crippen LogP contribution is -2.60. The van der Waals surface area contributed by atoms with E-state index in [1.165, 1.54) is 13.2 Å². The first-order valence-corrected chi connectivity index (χ1v) is 9.19. The van der Waals surface area contributed by atoms with Crippen LogP contribution in [0.4, 0.5) is 19.1 Å². The lowest BCUT2D eigenvalue weighted by Gasteiger charge is -2.47. The third-order valence-corrected chi connectivity index (χ3v) is 5.27. The van der Waals surface area contributed by atoms with Gasteiger partial charge in [0.05, 0.1) is 24.3 Å². The van der Waals surface area contributed by atoms with Crippen LogP contribution >= 0.6 is 0 Å². The number of hydrogen-bond donors (Lipinski definition) is 1. The van der Waals surface area contributed by atoms with Crippen molar-refractivity contribution in [3.63, 3.8) is 0 Å². The van der Waals surface area contributed by atoms with Gasteiger partial charge in [-0.15, -0.1) is 0 Å². The molecule has 1 aliphatic rings. The molecule has 1 heterocycles. The van der Waals surface area contributed by atoms with Crippen molar-refractivity contribution >= 4 is 22.9 Å². The van der Waals surface area contributed by atoms with Gasteiger partial charge in [0.25, 0.3) is 5.92 Å². The minimum atomic E-state index is -3.54. The minimum Gasteiger partial charge on any atom is -0.494 e. The molecule has 1 fully saturated rings. The van der Waals surface area contributed by atoms with E-state index in [1.54, 1.807) is 10.6 Å². The van der Waals surface area contributed by atoms with E-state index in [9.17, 15) is 23.2 Å². The van der Waals surface area contributed by atoms with E-state index in [2.05, 4.69) is 16.4 Å². The van der Waals surface area contributed by atoms with Gasteiger partial charge < -0.3 is 9.30 Å². The molecule has 1 aromatic heterocycles. The molecule has 156 valence electrons. The molecule has 1 aliphatic carbocycles. The van der Waals surface area contributed by atoms with E-state index in [4.69, 9.17) is 4.74 Å². The van der Waals surface area contributed by atoms with Gasteiger partial charge in [0.1, 0.15) is 11.3 Å². The number of rotatable bonds is 4. The van der Waals surface area contributed by atoms with Crippen LogP contribution in [0, 0.1) is 17.2 Å². The molecule has 0 radical (unpaired) electrons. The van der Waals surface area contributed by atoms with Crippen molar-refractivity contribution in [1.29, 1.82) is 5.26 Å². The number of carbonyl (C=O) groups is 1. The molecule has 1 amide bonds. The van der Waals surface area contributed by atoms with E-state index in [0.717, 1.165) is 6.92 Å². The van der Waals surface area contributed by atoms with Crippen LogP contribution in [0.3, 0.4) is 0 Å². The third-order valence-electron chi connectivity index (χ3n) is 5.27. The number of hydrogen-bond acceptors (Lipinski definition) is 4. The molecule has 6 nitrogen and oxygen atoms in total. The Hall–Kier alpha value is -2.76. The molecule has 2 aromatic rings. The summed E-state index contributed by atoms with van der Waals surface area (Å²) in [4.78, 5) is 16.9. The number of ether oxygens (including phenoxy) is 1. The van der Waals surface area contributed by atoms with E-state index >= 15 is 0 Å². The highest BCUT2D eigenvalue weighted by molar-refractivity contribution is 5.93. The summed E-state index contributed by atoms with van der Waals surface area (Å²) < 4.78 is 48.5. The number of nitriles is 1. The molecule has 0 bridgehead atoms. The highest BCUT2D eigenvalue weighted by Gasteiger charge is 2.67. The van der Waals surface area contributed by atoms with Crippen molar-refractivity contribution in [2.45, 2.75) is 57.7 Å². The number of imidazole rings is 1. The Morgan fingerprint density at radius 2 is 2.07 bits per heavy atom. The highest BCUT2D eigenvalue weighted by Crippen LogP contribution is 2.55. The minimum absolute atomic E-state index is 0.150. The van der Waals surface area contributed by atoms with Crippen LogP contribution in [0.1, 0.15) is 46.1 Å². The van der Waals surface area contributed by atoms with Crippen molar-refractivity contribution in [2.75, 3.05) is 12.4 Å². The number of halogens is 3. The van der Waals surface area contributed by atoms with Crippen molar-refractivity contribution in [2.24, 2.45) is 5.92 Å². The van der Waals surface area contributed by atoms with Crippen molar-refractivity contribution in [3.05, 3.63) is 17.7 Å². The van der Waals surface area contributed by atoms with Crippen molar-refractivity contribution < 1.29 is 22.7 Å². The van der Waals surface area contributed by atoms with Crippen LogP contribution in [0.2, 0.25) is 0 Å². The predicted octanol–water partition coefficient (Wildman–Crippen LogP) is 4.38. The Bertz CT molecular complexity index is 1020. The standard InChI is InChI=1S/C20H23F3N4O2/c1-18(2,3)27-13-6-11(10-24)7-14(29-5)16(13)26-17(27)25-15(28)8-12-9-19(4,21)20(12,22)23/h6-7,12H,8-9H2,1-5H3,(H,25,26,28). The Balaban J connectivity index is 1.97. The van der Waals surface area contributed by atoms with Crippen LogP contribution < -0.4 is 10.1 Å². The summed E-state index contributed by atoms with van der Waals surface area (Å²) in [6, 6.07) is 5.21. The third kappa shape index (κ3) is 3.41. The molecule has 29 heavy (non-hydrogen) atoms. The number of carbonyl (C=O) groups excluding carboxylic acids is 1. The van der Waals surface area contributed by atoms with Crippen LogP contribution in [-0.2, 0) is 10.3 Å². The molecule has 3 rings (SSSR count). The van der Waals surface area contributed by atoms with Crippen molar-refractivity contribution in [1.82, 2.24) is 9.55 Å². The van der Waals surface area contributed by atoms with Gasteiger partial charge in [-0.25, -0.2) is 18.2 Å². The SMILES string of the molecule is COc1cc(C#N)cc2c1nc(NC(=O)CC1CC(C)(F)C1(F)F)n2C(C)(C)C. The van der Waals surface area contributed by atoms with E-state index < -0.39 is 35.4 Å². The maximum absolute atomic E-state index is 13.9. The maximum Gasteiger partial charge on any atom is 0.284 e. The topological polar surface area (TPSA) is 79.9 Å². The summed E-state index contributed by atoms with van der Waals surface area (Å²) in [7, 11) is 1.44. The fourth-order valence-electron chi connectivity index (χ4n) is 3.75. The van der Waals surface area contributed by atoms with Crippen molar-refractivity contribution in [3.8, 4) is 11.8 Å². The molecular weight excluding hydrogens is 385 g/mol. The second kappa shape index (κ2) is 6.65. The van der Waals surface area contributed by atoms with Gasteiger partial charge in [0, 0.05) is 23.9 Å². The molecule has 1 saturated carbocycles. The van der Waals surface area contributed by atoms with Gasteiger partial charge in [0.2, 0.25) is 11.9 Å². The van der Waals surface area contributed by atoms with E-state index in [-0.39, 0.29) is 12.4 Å². The van der Waals surface area contributed by atoms with Crippen LogP contribution in [-0.4, -0.2) is 34.2 Å². The highest BCUT2D eigenvalue weighted by atomic mass is 19.3. The number of anilines is 1. The molecule has 1 N–H and O–H groups in total. The second-order valence-corrected chi connectivity index (χ2v) is 8.57.